The van der Waals surface area contributed by atoms with Crippen molar-refractivity contribution in [1.29, 1.82) is 0 Å². The van der Waals surface area contributed by atoms with Crippen molar-refractivity contribution < 1.29 is 37.9 Å². The highest BCUT2D eigenvalue weighted by atomic mass is 16.7. The molecule has 0 aromatic heterocycles. The summed E-state index contributed by atoms with van der Waals surface area (Å²) in [6.07, 6.45) is 12.3. The first-order valence-corrected chi connectivity index (χ1v) is 25.8. The van der Waals surface area contributed by atoms with Gasteiger partial charge in [-0.05, 0) is 183 Å². The van der Waals surface area contributed by atoms with Crippen molar-refractivity contribution in [3.8, 4) is 11.1 Å². The predicted molar refractivity (Wildman–Crippen MR) is 275 cm³/mol. The molecule has 0 saturated carbocycles. The van der Waals surface area contributed by atoms with Crippen LogP contribution >= 0.6 is 0 Å². The van der Waals surface area contributed by atoms with E-state index < -0.39 is 0 Å². The zero-order chi connectivity index (χ0) is 47.2. The van der Waals surface area contributed by atoms with Crippen molar-refractivity contribution in [3.63, 3.8) is 0 Å². The summed E-state index contributed by atoms with van der Waals surface area (Å²) < 4.78 is 47.8. The van der Waals surface area contributed by atoms with Gasteiger partial charge in [0.2, 0.25) is 0 Å². The Morgan fingerprint density at radius 2 is 0.500 bits per heavy atom. The topological polar surface area (TPSA) is 80.3 Å². The van der Waals surface area contributed by atoms with Crippen LogP contribution in [0.2, 0.25) is 0 Å². The quantitative estimate of drug-likeness (QED) is 0.0783. The number of hydrogen-bond donors (Lipinski definition) is 0. The van der Waals surface area contributed by atoms with Gasteiger partial charge in [0.05, 0.1) is 26.4 Å². The van der Waals surface area contributed by atoms with Gasteiger partial charge >= 0.3 is 0 Å². The molecule has 6 aromatic carbocycles. The molecule has 0 aliphatic carbocycles. The van der Waals surface area contributed by atoms with E-state index >= 15 is 0 Å². The minimum Gasteiger partial charge on any atom is -0.353 e. The molecule has 0 amide bonds. The van der Waals surface area contributed by atoms with E-state index in [-0.39, 0.29) is 25.2 Å². The van der Waals surface area contributed by atoms with Crippen LogP contribution in [0.15, 0.2) is 146 Å². The molecule has 10 nitrogen and oxygen atoms in total. The Morgan fingerprint density at radius 1 is 0.286 bits per heavy atom. The van der Waals surface area contributed by atoms with Crippen LogP contribution in [0.5, 0.6) is 0 Å². The number of ether oxygens (including phenoxy) is 8. The molecule has 0 radical (unpaired) electrons. The summed E-state index contributed by atoms with van der Waals surface area (Å²) in [5.41, 5.74) is 13.1. The SMILES string of the molecule is c1cc(N(c2ccc(COC3CCCCO3)cc2)c2ccc(-c3ccc(N(c4ccc(COC5CCCCO5)cc4)c4ccc(COC5CCCCO5)cc4)cc3)cc2)ccc1COC1CCCCO1. The van der Waals surface area contributed by atoms with E-state index in [4.69, 9.17) is 37.9 Å². The normalized spacial score (nSPS) is 20.7. The van der Waals surface area contributed by atoms with Gasteiger partial charge in [0.1, 0.15) is 0 Å². The van der Waals surface area contributed by atoms with Gasteiger partial charge in [-0.3, -0.25) is 0 Å². The lowest BCUT2D eigenvalue weighted by molar-refractivity contribution is -0.169. The predicted octanol–water partition coefficient (Wildman–Crippen LogP) is 14.5. The average Bonchev–Trinajstić information content (AvgIpc) is 3.44. The lowest BCUT2D eigenvalue weighted by atomic mass is 10.0. The van der Waals surface area contributed by atoms with Crippen LogP contribution in [0.1, 0.15) is 99.3 Å². The van der Waals surface area contributed by atoms with Crippen LogP contribution in [0, 0.1) is 0 Å². The molecule has 70 heavy (non-hydrogen) atoms. The van der Waals surface area contributed by atoms with Crippen LogP contribution in [-0.4, -0.2) is 51.6 Å². The van der Waals surface area contributed by atoms with E-state index in [0.717, 1.165) is 171 Å². The summed E-state index contributed by atoms with van der Waals surface area (Å²) >= 11 is 0. The summed E-state index contributed by atoms with van der Waals surface area (Å²) in [6.45, 7) is 5.16. The van der Waals surface area contributed by atoms with E-state index in [2.05, 4.69) is 155 Å². The summed E-state index contributed by atoms with van der Waals surface area (Å²) in [7, 11) is 0. The minimum absolute atomic E-state index is 0.124. The molecule has 0 bridgehead atoms. The van der Waals surface area contributed by atoms with Crippen LogP contribution < -0.4 is 9.80 Å². The summed E-state index contributed by atoms with van der Waals surface area (Å²) in [6, 6.07) is 52.4. The van der Waals surface area contributed by atoms with Gasteiger partial charge in [-0.2, -0.15) is 0 Å². The minimum atomic E-state index is -0.124. The van der Waals surface area contributed by atoms with Gasteiger partial charge < -0.3 is 47.7 Å². The summed E-state index contributed by atoms with van der Waals surface area (Å²) in [5, 5.41) is 0. The average molecular weight is 945 g/mol. The molecule has 0 N–H and O–H groups in total. The molecule has 0 spiro atoms. The molecule has 4 unspecified atom stereocenters. The van der Waals surface area contributed by atoms with Gasteiger partial charge in [-0.15, -0.1) is 0 Å². The lowest BCUT2D eigenvalue weighted by Gasteiger charge is -2.27. The van der Waals surface area contributed by atoms with E-state index in [0.29, 0.717) is 26.4 Å². The number of nitrogens with zero attached hydrogens (tertiary/aromatic N) is 2. The fraction of sp³-hybridized carbons (Fsp3) is 0.400. The number of anilines is 6. The van der Waals surface area contributed by atoms with Crippen molar-refractivity contribution in [2.75, 3.05) is 36.2 Å². The molecule has 4 fully saturated rings. The fourth-order valence-electron chi connectivity index (χ4n) is 9.59. The maximum atomic E-state index is 6.12. The molecular formula is C60H68N2O8. The monoisotopic (exact) mass is 944 g/mol. The first-order chi connectivity index (χ1) is 34.7. The van der Waals surface area contributed by atoms with E-state index in [1.165, 1.54) is 0 Å². The largest absolute Gasteiger partial charge is 0.353 e. The van der Waals surface area contributed by atoms with Gasteiger partial charge in [0.15, 0.2) is 25.2 Å². The highest BCUT2D eigenvalue weighted by Crippen LogP contribution is 2.39. The molecule has 6 aromatic rings. The molecule has 366 valence electrons. The summed E-state index contributed by atoms with van der Waals surface area (Å²) in [4.78, 5) is 4.60. The van der Waals surface area contributed by atoms with Gasteiger partial charge in [0, 0.05) is 60.6 Å². The zero-order valence-corrected chi connectivity index (χ0v) is 40.5. The Bertz CT molecular complexity index is 2150. The maximum Gasteiger partial charge on any atom is 0.158 e. The van der Waals surface area contributed by atoms with Gasteiger partial charge in [0.25, 0.3) is 0 Å². The van der Waals surface area contributed by atoms with Crippen LogP contribution in [-0.2, 0) is 64.3 Å². The number of benzene rings is 6. The summed E-state index contributed by atoms with van der Waals surface area (Å²) in [5.74, 6) is 0. The highest BCUT2D eigenvalue weighted by molar-refractivity contribution is 5.81. The molecule has 4 aliphatic heterocycles. The number of rotatable bonds is 19. The third-order valence-corrected chi connectivity index (χ3v) is 13.7. The Morgan fingerprint density at radius 3 is 0.700 bits per heavy atom. The highest BCUT2D eigenvalue weighted by Gasteiger charge is 2.20. The van der Waals surface area contributed by atoms with E-state index in [1.807, 2.05) is 0 Å². The first kappa shape index (κ1) is 48.2. The molecular weight excluding hydrogens is 877 g/mol. The van der Waals surface area contributed by atoms with Crippen LogP contribution in [0.4, 0.5) is 34.1 Å². The number of hydrogen-bond acceptors (Lipinski definition) is 10. The van der Waals surface area contributed by atoms with E-state index in [1.54, 1.807) is 0 Å². The second-order valence-electron chi connectivity index (χ2n) is 18.9. The second-order valence-corrected chi connectivity index (χ2v) is 18.9. The van der Waals surface area contributed by atoms with Gasteiger partial charge in [-0.1, -0.05) is 72.8 Å². The van der Waals surface area contributed by atoms with Crippen molar-refractivity contribution in [2.24, 2.45) is 0 Å². The first-order valence-electron chi connectivity index (χ1n) is 25.8. The van der Waals surface area contributed by atoms with Crippen molar-refractivity contribution in [3.05, 3.63) is 168 Å². The van der Waals surface area contributed by atoms with Crippen molar-refractivity contribution in [2.45, 2.75) is 129 Å². The van der Waals surface area contributed by atoms with Crippen LogP contribution in [0.25, 0.3) is 11.1 Å². The lowest BCUT2D eigenvalue weighted by Crippen LogP contribution is -2.22. The Kier molecular flexibility index (Phi) is 17.0. The fourth-order valence-corrected chi connectivity index (χ4v) is 9.59. The zero-order valence-electron chi connectivity index (χ0n) is 40.5. The third kappa shape index (κ3) is 13.1. The van der Waals surface area contributed by atoms with Crippen LogP contribution in [0.3, 0.4) is 0 Å². The molecule has 10 rings (SSSR count). The molecule has 4 heterocycles. The van der Waals surface area contributed by atoms with Crippen molar-refractivity contribution in [1.82, 2.24) is 0 Å². The third-order valence-electron chi connectivity index (χ3n) is 13.7. The standard InChI is InChI=1S/C60H68N2O8/c1-5-37-63-57(9-1)67-41-45-13-25-51(26-14-45)61(52-27-15-46(16-28-52)42-68-58-10-2-6-38-64-58)55-33-21-49(22-34-55)50-23-35-56(36-24-50)62(53-29-17-47(18-30-53)43-69-59-11-3-7-39-65-59)54-31-19-48(20-32-54)44-70-60-12-4-8-40-66-60/h13-36,57-60H,1-12,37-44H2. The van der Waals surface area contributed by atoms with Gasteiger partial charge in [-0.25, -0.2) is 0 Å². The Labute approximate surface area is 414 Å². The smallest absolute Gasteiger partial charge is 0.158 e. The molecule has 10 heteroatoms. The molecule has 4 atom stereocenters. The Hall–Kier alpha value is -5.40. The maximum absolute atomic E-state index is 6.12. The second kappa shape index (κ2) is 24.6. The Balaban J connectivity index is 0.870. The molecule has 4 saturated heterocycles. The van der Waals surface area contributed by atoms with Crippen molar-refractivity contribution >= 4 is 34.1 Å². The van der Waals surface area contributed by atoms with E-state index in [9.17, 15) is 0 Å². The molecule has 4 aliphatic rings.